The minimum atomic E-state index is -0.404. The molecule has 0 bridgehead atoms. The number of hydrogen-bond donors (Lipinski definition) is 0. The Kier molecular flexibility index (Phi) is 6.50. The van der Waals surface area contributed by atoms with Gasteiger partial charge < -0.3 is 9.47 Å². The quantitative estimate of drug-likeness (QED) is 0.453. The Hall–Kier alpha value is -3.21. The van der Waals surface area contributed by atoms with E-state index in [0.29, 0.717) is 17.0 Å². The third kappa shape index (κ3) is 4.77. The Morgan fingerprint density at radius 3 is 2.45 bits per heavy atom. The maximum atomic E-state index is 13.1. The molecular formula is C28H31NO4. The average molecular weight is 446 g/mol. The van der Waals surface area contributed by atoms with Crippen LogP contribution in [0.4, 0.5) is 0 Å². The fraction of sp³-hybridized carbons (Fsp3) is 0.393. The summed E-state index contributed by atoms with van der Waals surface area (Å²) in [5.74, 6) is -0.0733. The van der Waals surface area contributed by atoms with Crippen LogP contribution in [0, 0.1) is 11.8 Å². The number of aromatic nitrogens is 1. The SMILES string of the molecule is COC(=O)c1ccc2nc(C(=O)O[C@@H]3C[C@H](C)CC[C@H]3C(C)(C)c3ccccc3)ccc2c1. The molecule has 3 aromatic rings. The fourth-order valence-electron chi connectivity index (χ4n) is 5.05. The molecule has 0 saturated heterocycles. The van der Waals surface area contributed by atoms with Crippen LogP contribution in [-0.2, 0) is 14.9 Å². The van der Waals surface area contributed by atoms with Crippen LogP contribution in [0.2, 0.25) is 0 Å². The summed E-state index contributed by atoms with van der Waals surface area (Å²) in [7, 11) is 1.35. The predicted molar refractivity (Wildman–Crippen MR) is 128 cm³/mol. The molecule has 33 heavy (non-hydrogen) atoms. The van der Waals surface area contributed by atoms with Crippen molar-refractivity contribution < 1.29 is 19.1 Å². The third-order valence-corrected chi connectivity index (χ3v) is 7.08. The van der Waals surface area contributed by atoms with E-state index in [-0.39, 0.29) is 23.1 Å². The molecule has 3 atom stereocenters. The topological polar surface area (TPSA) is 65.5 Å². The molecule has 0 N–H and O–H groups in total. The third-order valence-electron chi connectivity index (χ3n) is 7.08. The summed E-state index contributed by atoms with van der Waals surface area (Å²) in [6.45, 7) is 6.72. The lowest BCUT2D eigenvalue weighted by Crippen LogP contribution is -2.43. The van der Waals surface area contributed by atoms with Crippen molar-refractivity contribution in [3.05, 3.63) is 77.5 Å². The monoisotopic (exact) mass is 445 g/mol. The van der Waals surface area contributed by atoms with Crippen LogP contribution in [0.15, 0.2) is 60.7 Å². The van der Waals surface area contributed by atoms with Gasteiger partial charge in [-0.2, -0.15) is 0 Å². The zero-order valence-corrected chi connectivity index (χ0v) is 19.7. The highest BCUT2D eigenvalue weighted by Gasteiger charge is 2.42. The molecule has 5 heteroatoms. The van der Waals surface area contributed by atoms with Crippen LogP contribution in [0.5, 0.6) is 0 Å². The Bertz CT molecular complexity index is 1160. The Morgan fingerprint density at radius 1 is 0.970 bits per heavy atom. The number of benzene rings is 2. The van der Waals surface area contributed by atoms with Gasteiger partial charge in [0.25, 0.3) is 0 Å². The summed E-state index contributed by atoms with van der Waals surface area (Å²) in [5.41, 5.74) is 2.51. The highest BCUT2D eigenvalue weighted by Crippen LogP contribution is 2.43. The minimum absolute atomic E-state index is 0.118. The van der Waals surface area contributed by atoms with E-state index in [1.54, 1.807) is 30.3 Å². The maximum absolute atomic E-state index is 13.1. The molecule has 0 unspecified atom stereocenters. The van der Waals surface area contributed by atoms with Crippen LogP contribution >= 0.6 is 0 Å². The number of ether oxygens (including phenoxy) is 2. The molecule has 1 heterocycles. The smallest absolute Gasteiger partial charge is 0.357 e. The van der Waals surface area contributed by atoms with Gasteiger partial charge in [0.1, 0.15) is 11.8 Å². The van der Waals surface area contributed by atoms with Crippen molar-refractivity contribution in [1.29, 1.82) is 0 Å². The molecule has 0 amide bonds. The number of nitrogens with zero attached hydrogens (tertiary/aromatic N) is 1. The molecule has 0 radical (unpaired) electrons. The summed E-state index contributed by atoms with van der Waals surface area (Å²) in [6.07, 6.45) is 2.83. The van der Waals surface area contributed by atoms with Crippen molar-refractivity contribution in [2.24, 2.45) is 11.8 Å². The van der Waals surface area contributed by atoms with Crippen molar-refractivity contribution in [2.75, 3.05) is 7.11 Å². The van der Waals surface area contributed by atoms with E-state index in [2.05, 4.69) is 50.0 Å². The highest BCUT2D eigenvalue weighted by molar-refractivity contribution is 5.96. The number of carbonyl (C=O) groups is 2. The van der Waals surface area contributed by atoms with Crippen molar-refractivity contribution in [2.45, 2.75) is 51.6 Å². The molecule has 4 rings (SSSR count). The Morgan fingerprint density at radius 2 is 1.73 bits per heavy atom. The number of pyridine rings is 1. The molecule has 1 aliphatic rings. The zero-order chi connectivity index (χ0) is 23.6. The second kappa shape index (κ2) is 9.34. The molecular weight excluding hydrogens is 414 g/mol. The predicted octanol–water partition coefficient (Wildman–Crippen LogP) is 5.96. The van der Waals surface area contributed by atoms with E-state index in [1.165, 1.54) is 12.7 Å². The maximum Gasteiger partial charge on any atom is 0.357 e. The second-order valence-electron chi connectivity index (χ2n) is 9.65. The molecule has 0 aliphatic heterocycles. The highest BCUT2D eigenvalue weighted by atomic mass is 16.5. The fourth-order valence-corrected chi connectivity index (χ4v) is 5.05. The van der Waals surface area contributed by atoms with Gasteiger partial charge in [-0.1, -0.05) is 63.6 Å². The number of carbonyl (C=O) groups excluding carboxylic acids is 2. The molecule has 2 aromatic carbocycles. The van der Waals surface area contributed by atoms with Gasteiger partial charge in [-0.05, 0) is 54.0 Å². The lowest BCUT2D eigenvalue weighted by atomic mass is 9.64. The number of rotatable bonds is 5. The Balaban J connectivity index is 1.57. The van der Waals surface area contributed by atoms with E-state index in [1.807, 2.05) is 6.07 Å². The minimum Gasteiger partial charge on any atom is -0.465 e. The van der Waals surface area contributed by atoms with Gasteiger partial charge in [0.2, 0.25) is 0 Å². The largest absolute Gasteiger partial charge is 0.465 e. The molecule has 1 aliphatic carbocycles. The van der Waals surface area contributed by atoms with Crippen molar-refractivity contribution in [3.8, 4) is 0 Å². The first-order valence-electron chi connectivity index (χ1n) is 11.5. The first-order valence-corrected chi connectivity index (χ1v) is 11.5. The summed E-state index contributed by atoms with van der Waals surface area (Å²) < 4.78 is 10.9. The summed E-state index contributed by atoms with van der Waals surface area (Å²) in [6, 6.07) is 19.0. The summed E-state index contributed by atoms with van der Waals surface area (Å²) in [4.78, 5) is 29.4. The van der Waals surface area contributed by atoms with E-state index >= 15 is 0 Å². The normalized spacial score (nSPS) is 20.9. The van der Waals surface area contributed by atoms with Crippen molar-refractivity contribution in [1.82, 2.24) is 4.98 Å². The van der Waals surface area contributed by atoms with E-state index in [9.17, 15) is 9.59 Å². The lowest BCUT2D eigenvalue weighted by Gasteiger charge is -2.43. The van der Waals surface area contributed by atoms with Crippen LogP contribution < -0.4 is 0 Å². The second-order valence-corrected chi connectivity index (χ2v) is 9.65. The standard InChI is InChI=1S/C28H31NO4/c1-18-10-13-22(28(2,3)21-8-6-5-7-9-21)25(16-18)33-27(31)24-15-11-19-17-20(26(30)32-4)12-14-23(19)29-24/h5-9,11-12,14-15,17-18,22,25H,10,13,16H2,1-4H3/t18-,22-,25-/m1/s1. The molecule has 172 valence electrons. The lowest BCUT2D eigenvalue weighted by molar-refractivity contribution is -0.0241. The zero-order valence-electron chi connectivity index (χ0n) is 19.7. The molecule has 5 nitrogen and oxygen atoms in total. The van der Waals surface area contributed by atoms with Crippen LogP contribution in [0.3, 0.4) is 0 Å². The summed E-state index contributed by atoms with van der Waals surface area (Å²) >= 11 is 0. The van der Waals surface area contributed by atoms with Gasteiger partial charge in [0.15, 0.2) is 0 Å². The van der Waals surface area contributed by atoms with Gasteiger partial charge in [0.05, 0.1) is 18.2 Å². The number of fused-ring (bicyclic) bond motifs is 1. The first kappa shape index (κ1) is 23.0. The molecule has 0 spiro atoms. The van der Waals surface area contributed by atoms with E-state index in [0.717, 1.165) is 24.6 Å². The first-order chi connectivity index (χ1) is 15.8. The number of hydrogen-bond acceptors (Lipinski definition) is 5. The van der Waals surface area contributed by atoms with Gasteiger partial charge in [0, 0.05) is 11.3 Å². The molecule has 1 fully saturated rings. The number of esters is 2. The Labute approximate surface area is 195 Å². The van der Waals surface area contributed by atoms with Gasteiger partial charge in [-0.3, -0.25) is 0 Å². The number of methoxy groups -OCH3 is 1. The van der Waals surface area contributed by atoms with Crippen molar-refractivity contribution in [3.63, 3.8) is 0 Å². The molecule has 1 aromatic heterocycles. The van der Waals surface area contributed by atoms with Crippen molar-refractivity contribution >= 4 is 22.8 Å². The van der Waals surface area contributed by atoms with Crippen LogP contribution in [-0.4, -0.2) is 30.1 Å². The van der Waals surface area contributed by atoms with Gasteiger partial charge >= 0.3 is 11.9 Å². The van der Waals surface area contributed by atoms with Crippen LogP contribution in [0.25, 0.3) is 10.9 Å². The average Bonchev–Trinajstić information content (AvgIpc) is 2.83. The van der Waals surface area contributed by atoms with Gasteiger partial charge in [-0.15, -0.1) is 0 Å². The summed E-state index contributed by atoms with van der Waals surface area (Å²) in [5, 5.41) is 0.767. The molecule has 1 saturated carbocycles. The van der Waals surface area contributed by atoms with E-state index in [4.69, 9.17) is 9.47 Å². The van der Waals surface area contributed by atoms with Crippen LogP contribution in [0.1, 0.15) is 66.4 Å². The van der Waals surface area contributed by atoms with Gasteiger partial charge in [-0.25, -0.2) is 14.6 Å². The van der Waals surface area contributed by atoms with E-state index < -0.39 is 11.9 Å².